The van der Waals surface area contributed by atoms with E-state index in [0.717, 1.165) is 5.56 Å². The molecular weight excluding hydrogens is 370 g/mol. The average Bonchev–Trinajstić information content (AvgIpc) is 3.10. The van der Waals surface area contributed by atoms with Crippen LogP contribution in [0, 0.1) is 5.92 Å². The third kappa shape index (κ3) is 3.41. The van der Waals surface area contributed by atoms with Gasteiger partial charge in [-0.25, -0.2) is 4.79 Å². The molecule has 0 aliphatic carbocycles. The van der Waals surface area contributed by atoms with Crippen molar-refractivity contribution in [1.82, 2.24) is 15.1 Å². The molecule has 3 aliphatic rings. The first-order valence-corrected chi connectivity index (χ1v) is 9.59. The van der Waals surface area contributed by atoms with Crippen molar-refractivity contribution in [3.05, 3.63) is 34.9 Å². The van der Waals surface area contributed by atoms with E-state index in [2.05, 4.69) is 5.32 Å². The van der Waals surface area contributed by atoms with Crippen molar-refractivity contribution in [2.24, 2.45) is 5.92 Å². The summed E-state index contributed by atoms with van der Waals surface area (Å²) in [4.78, 5) is 40.7. The smallest absolute Gasteiger partial charge is 0.325 e. The molecule has 3 fully saturated rings. The summed E-state index contributed by atoms with van der Waals surface area (Å²) in [5.41, 5.74) is 0.0687. The van der Waals surface area contributed by atoms with Crippen molar-refractivity contribution < 1.29 is 19.1 Å². The third-order valence-electron chi connectivity index (χ3n) is 5.65. The quantitative estimate of drug-likeness (QED) is 0.794. The van der Waals surface area contributed by atoms with Gasteiger partial charge in [0.15, 0.2) is 0 Å². The number of amides is 4. The zero-order chi connectivity index (χ0) is 19.0. The number of imide groups is 1. The van der Waals surface area contributed by atoms with Gasteiger partial charge in [-0.05, 0) is 11.6 Å². The lowest BCUT2D eigenvalue weighted by atomic mass is 9.90. The van der Waals surface area contributed by atoms with Crippen molar-refractivity contribution in [3.63, 3.8) is 0 Å². The van der Waals surface area contributed by atoms with Crippen molar-refractivity contribution in [2.45, 2.75) is 31.3 Å². The van der Waals surface area contributed by atoms with Crippen LogP contribution in [0.1, 0.15) is 24.8 Å². The average molecular weight is 392 g/mol. The molecule has 4 rings (SSSR count). The van der Waals surface area contributed by atoms with Gasteiger partial charge in [-0.1, -0.05) is 29.8 Å². The summed E-state index contributed by atoms with van der Waals surface area (Å²) in [5.74, 6) is -0.231. The Kier molecular flexibility index (Phi) is 4.82. The van der Waals surface area contributed by atoms with Crippen molar-refractivity contribution in [1.29, 1.82) is 0 Å². The summed E-state index contributed by atoms with van der Waals surface area (Å²) >= 11 is 6.19. The molecule has 0 bridgehead atoms. The molecule has 3 saturated heterocycles. The number of halogens is 1. The van der Waals surface area contributed by atoms with Crippen LogP contribution in [-0.2, 0) is 20.9 Å². The number of hydrogen-bond acceptors (Lipinski definition) is 4. The summed E-state index contributed by atoms with van der Waals surface area (Å²) in [6.07, 6.45) is 1.32. The minimum absolute atomic E-state index is 0.0211. The maximum Gasteiger partial charge on any atom is 0.325 e. The second kappa shape index (κ2) is 7.13. The fraction of sp³-hybridized carbons (Fsp3) is 0.526. The highest BCUT2D eigenvalue weighted by molar-refractivity contribution is 6.31. The number of likely N-dealkylation sites (tertiary alicyclic amines) is 1. The van der Waals surface area contributed by atoms with Crippen LogP contribution in [0.15, 0.2) is 24.3 Å². The van der Waals surface area contributed by atoms with Crippen LogP contribution < -0.4 is 5.32 Å². The largest absolute Gasteiger partial charge is 0.381 e. The SMILES string of the molecule is O=C1CC(CN2C(=O)NC3(CCOCC3)C2=O)CN1Cc1ccccc1Cl. The Balaban J connectivity index is 1.40. The van der Waals surface area contributed by atoms with E-state index in [1.54, 1.807) is 11.0 Å². The fourth-order valence-corrected chi connectivity index (χ4v) is 4.32. The molecule has 3 heterocycles. The van der Waals surface area contributed by atoms with Crippen molar-refractivity contribution in [2.75, 3.05) is 26.3 Å². The summed E-state index contributed by atoms with van der Waals surface area (Å²) in [5, 5.41) is 3.48. The first-order chi connectivity index (χ1) is 13.0. The molecule has 144 valence electrons. The van der Waals surface area contributed by atoms with E-state index in [1.807, 2.05) is 18.2 Å². The first kappa shape index (κ1) is 18.3. The Labute approximate surface area is 162 Å². The molecule has 1 unspecified atom stereocenters. The van der Waals surface area contributed by atoms with Gasteiger partial charge in [0.2, 0.25) is 5.91 Å². The number of nitrogens with one attached hydrogen (secondary N) is 1. The van der Waals surface area contributed by atoms with E-state index in [-0.39, 0.29) is 30.3 Å². The Morgan fingerprint density at radius 1 is 1.19 bits per heavy atom. The Morgan fingerprint density at radius 2 is 1.93 bits per heavy atom. The van der Waals surface area contributed by atoms with Crippen LogP contribution in [0.3, 0.4) is 0 Å². The second-order valence-electron chi connectivity index (χ2n) is 7.48. The molecule has 4 amide bonds. The van der Waals surface area contributed by atoms with Gasteiger partial charge in [-0.2, -0.15) is 0 Å². The molecule has 1 N–H and O–H groups in total. The lowest BCUT2D eigenvalue weighted by molar-refractivity contribution is -0.135. The molecule has 0 radical (unpaired) electrons. The number of hydrogen-bond donors (Lipinski definition) is 1. The number of carbonyl (C=O) groups is 3. The summed E-state index contributed by atoms with van der Waals surface area (Å²) in [6.45, 7) is 2.15. The minimum Gasteiger partial charge on any atom is -0.381 e. The first-order valence-electron chi connectivity index (χ1n) is 9.21. The van der Waals surface area contributed by atoms with Crippen LogP contribution in [0.5, 0.6) is 0 Å². The Hall–Kier alpha value is -2.12. The zero-order valence-corrected chi connectivity index (χ0v) is 15.7. The summed E-state index contributed by atoms with van der Waals surface area (Å²) < 4.78 is 5.32. The van der Waals surface area contributed by atoms with Crippen LogP contribution >= 0.6 is 11.6 Å². The maximum atomic E-state index is 12.9. The highest BCUT2D eigenvalue weighted by Crippen LogP contribution is 2.31. The molecule has 8 heteroatoms. The van der Waals surface area contributed by atoms with Crippen LogP contribution in [0.25, 0.3) is 0 Å². The predicted octanol–water partition coefficient (Wildman–Crippen LogP) is 1.79. The van der Waals surface area contributed by atoms with Gasteiger partial charge in [0, 0.05) is 63.1 Å². The van der Waals surface area contributed by atoms with Crippen LogP contribution in [0.2, 0.25) is 5.02 Å². The van der Waals surface area contributed by atoms with Gasteiger partial charge in [0.1, 0.15) is 5.54 Å². The third-order valence-corrected chi connectivity index (χ3v) is 6.02. The van der Waals surface area contributed by atoms with E-state index in [0.29, 0.717) is 50.6 Å². The molecule has 0 saturated carbocycles. The normalized spacial score (nSPS) is 24.8. The van der Waals surface area contributed by atoms with Crippen LogP contribution in [-0.4, -0.2) is 59.5 Å². The van der Waals surface area contributed by atoms with Gasteiger partial charge in [0.25, 0.3) is 5.91 Å². The minimum atomic E-state index is -0.824. The number of urea groups is 1. The molecule has 1 aromatic rings. The number of nitrogens with zero attached hydrogens (tertiary/aromatic N) is 2. The topological polar surface area (TPSA) is 79.0 Å². The number of carbonyl (C=O) groups excluding carboxylic acids is 3. The molecule has 7 nitrogen and oxygen atoms in total. The molecule has 27 heavy (non-hydrogen) atoms. The zero-order valence-electron chi connectivity index (χ0n) is 14.9. The lowest BCUT2D eigenvalue weighted by Crippen LogP contribution is -2.51. The van der Waals surface area contributed by atoms with Crippen LogP contribution in [0.4, 0.5) is 4.79 Å². The molecule has 1 aromatic carbocycles. The standard InChI is InChI=1S/C19H22ClN3O4/c20-15-4-2-1-3-14(15)12-22-10-13(9-16(22)24)11-23-17(25)19(21-18(23)26)5-7-27-8-6-19/h1-4,13H,5-12H2,(H,21,26). The predicted molar refractivity (Wildman–Crippen MR) is 98.0 cm³/mol. The maximum absolute atomic E-state index is 12.9. The van der Waals surface area contributed by atoms with Gasteiger partial charge in [-0.3, -0.25) is 14.5 Å². The van der Waals surface area contributed by atoms with Gasteiger partial charge in [0.05, 0.1) is 0 Å². The van der Waals surface area contributed by atoms with Crippen molar-refractivity contribution in [3.8, 4) is 0 Å². The van der Waals surface area contributed by atoms with E-state index in [4.69, 9.17) is 16.3 Å². The van der Waals surface area contributed by atoms with E-state index < -0.39 is 5.54 Å². The fourth-order valence-electron chi connectivity index (χ4n) is 4.12. The van der Waals surface area contributed by atoms with Gasteiger partial charge < -0.3 is 15.0 Å². The molecular formula is C19H22ClN3O4. The number of rotatable bonds is 4. The van der Waals surface area contributed by atoms with E-state index in [9.17, 15) is 14.4 Å². The van der Waals surface area contributed by atoms with Gasteiger partial charge >= 0.3 is 6.03 Å². The highest BCUT2D eigenvalue weighted by atomic mass is 35.5. The van der Waals surface area contributed by atoms with E-state index in [1.165, 1.54) is 4.90 Å². The molecule has 1 atom stereocenters. The van der Waals surface area contributed by atoms with Crippen molar-refractivity contribution >= 4 is 29.4 Å². The summed E-state index contributed by atoms with van der Waals surface area (Å²) in [7, 11) is 0. The summed E-state index contributed by atoms with van der Waals surface area (Å²) in [6, 6.07) is 7.08. The number of benzene rings is 1. The monoisotopic (exact) mass is 391 g/mol. The highest BCUT2D eigenvalue weighted by Gasteiger charge is 2.52. The van der Waals surface area contributed by atoms with E-state index >= 15 is 0 Å². The molecule has 3 aliphatic heterocycles. The lowest BCUT2D eigenvalue weighted by Gasteiger charge is -2.30. The number of ether oxygens (including phenoxy) is 1. The Bertz CT molecular complexity index is 778. The molecule has 1 spiro atoms. The molecule has 0 aromatic heterocycles. The van der Waals surface area contributed by atoms with Gasteiger partial charge in [-0.15, -0.1) is 0 Å². The Morgan fingerprint density at radius 3 is 2.67 bits per heavy atom. The second-order valence-corrected chi connectivity index (χ2v) is 7.88.